The van der Waals surface area contributed by atoms with Crippen LogP contribution in [0.2, 0.25) is 0 Å². The molecule has 2 aromatic carbocycles. The van der Waals surface area contributed by atoms with Crippen molar-refractivity contribution in [2.75, 3.05) is 0 Å². The van der Waals surface area contributed by atoms with Crippen LogP contribution in [0.3, 0.4) is 0 Å². The van der Waals surface area contributed by atoms with E-state index in [4.69, 9.17) is 0 Å². The molecule has 1 saturated carbocycles. The fourth-order valence-corrected chi connectivity index (χ4v) is 2.37. The van der Waals surface area contributed by atoms with E-state index < -0.39 is 0 Å². The predicted octanol–water partition coefficient (Wildman–Crippen LogP) is 4.31. The van der Waals surface area contributed by atoms with Gasteiger partial charge in [0.15, 0.2) is 0 Å². The lowest BCUT2D eigenvalue weighted by atomic mass is 10.0. The van der Waals surface area contributed by atoms with Gasteiger partial charge in [-0.1, -0.05) is 37.3 Å². The number of hydrogen-bond acceptors (Lipinski definition) is 1. The maximum Gasteiger partial charge on any atom is 0.131 e. The molecule has 0 amide bonds. The number of nitrogens with one attached hydrogen (secondary N) is 1. The molecule has 1 aliphatic rings. The summed E-state index contributed by atoms with van der Waals surface area (Å²) in [7, 11) is 0. The van der Waals surface area contributed by atoms with Gasteiger partial charge in [-0.05, 0) is 48.1 Å². The van der Waals surface area contributed by atoms with Crippen molar-refractivity contribution in [3.63, 3.8) is 0 Å². The lowest BCUT2D eigenvalue weighted by molar-refractivity contribution is 0.628. The van der Waals surface area contributed by atoms with E-state index in [-0.39, 0.29) is 5.82 Å². The van der Waals surface area contributed by atoms with E-state index in [0.29, 0.717) is 11.6 Å². The SMILES string of the molecule is CCc1ccc(-c2cc(CNC3CC3)ccc2F)cc1. The molecule has 0 aromatic heterocycles. The number of hydrogen-bond donors (Lipinski definition) is 1. The summed E-state index contributed by atoms with van der Waals surface area (Å²) in [5.74, 6) is -0.149. The normalized spacial score (nSPS) is 14.5. The molecule has 1 aliphatic carbocycles. The Kier molecular flexibility index (Phi) is 3.83. The third kappa shape index (κ3) is 3.07. The van der Waals surface area contributed by atoms with Crippen LogP contribution in [0.4, 0.5) is 4.39 Å². The maximum atomic E-state index is 14.0. The number of benzene rings is 2. The quantitative estimate of drug-likeness (QED) is 0.853. The summed E-state index contributed by atoms with van der Waals surface area (Å²) in [4.78, 5) is 0. The van der Waals surface area contributed by atoms with Crippen molar-refractivity contribution >= 4 is 0 Å². The zero-order valence-electron chi connectivity index (χ0n) is 11.8. The number of rotatable bonds is 5. The highest BCUT2D eigenvalue weighted by Crippen LogP contribution is 2.25. The minimum Gasteiger partial charge on any atom is -0.310 e. The standard InChI is InChI=1S/C18H20FN/c1-2-13-3-6-15(7-4-13)17-11-14(5-10-18(17)19)12-20-16-8-9-16/h3-7,10-11,16,20H,2,8-9,12H2,1H3. The molecule has 0 saturated heterocycles. The molecule has 1 nitrogen and oxygen atoms in total. The highest BCUT2D eigenvalue weighted by Gasteiger charge is 2.20. The highest BCUT2D eigenvalue weighted by molar-refractivity contribution is 5.65. The molecular formula is C18H20FN. The molecule has 0 aliphatic heterocycles. The van der Waals surface area contributed by atoms with Crippen LogP contribution >= 0.6 is 0 Å². The van der Waals surface area contributed by atoms with Gasteiger partial charge < -0.3 is 5.32 Å². The van der Waals surface area contributed by atoms with E-state index in [9.17, 15) is 4.39 Å². The van der Waals surface area contributed by atoms with Crippen molar-refractivity contribution in [1.29, 1.82) is 0 Å². The smallest absolute Gasteiger partial charge is 0.131 e. The summed E-state index contributed by atoms with van der Waals surface area (Å²) in [6.07, 6.45) is 3.55. The second-order valence-corrected chi connectivity index (χ2v) is 5.52. The van der Waals surface area contributed by atoms with Gasteiger partial charge in [0.05, 0.1) is 0 Å². The Morgan fingerprint density at radius 1 is 1.05 bits per heavy atom. The lowest BCUT2D eigenvalue weighted by Crippen LogP contribution is -2.15. The molecule has 1 fully saturated rings. The molecule has 0 heterocycles. The summed E-state index contributed by atoms with van der Waals surface area (Å²) in [5, 5.41) is 3.47. The first-order chi connectivity index (χ1) is 9.76. The van der Waals surface area contributed by atoms with Crippen LogP contribution in [0.1, 0.15) is 30.9 Å². The number of halogens is 1. The molecule has 0 radical (unpaired) electrons. The van der Waals surface area contributed by atoms with Crippen molar-refractivity contribution in [2.24, 2.45) is 0 Å². The van der Waals surface area contributed by atoms with E-state index in [2.05, 4.69) is 24.4 Å². The minimum atomic E-state index is -0.149. The lowest BCUT2D eigenvalue weighted by Gasteiger charge is -2.09. The largest absolute Gasteiger partial charge is 0.310 e. The van der Waals surface area contributed by atoms with E-state index in [1.54, 1.807) is 6.07 Å². The third-order valence-electron chi connectivity index (χ3n) is 3.88. The summed E-state index contributed by atoms with van der Waals surface area (Å²) >= 11 is 0. The Hall–Kier alpha value is -1.67. The molecule has 1 N–H and O–H groups in total. The van der Waals surface area contributed by atoms with Crippen molar-refractivity contribution < 1.29 is 4.39 Å². The van der Waals surface area contributed by atoms with Crippen LogP contribution < -0.4 is 5.32 Å². The van der Waals surface area contributed by atoms with Gasteiger partial charge in [0.1, 0.15) is 5.82 Å². The molecule has 2 heteroatoms. The van der Waals surface area contributed by atoms with E-state index >= 15 is 0 Å². The summed E-state index contributed by atoms with van der Waals surface area (Å²) in [5.41, 5.74) is 4.07. The molecular weight excluding hydrogens is 249 g/mol. The second kappa shape index (κ2) is 5.76. The van der Waals surface area contributed by atoms with Gasteiger partial charge in [-0.15, -0.1) is 0 Å². The predicted molar refractivity (Wildman–Crippen MR) is 81.1 cm³/mol. The van der Waals surface area contributed by atoms with Crippen molar-refractivity contribution in [3.05, 3.63) is 59.4 Å². The third-order valence-corrected chi connectivity index (χ3v) is 3.88. The Bertz CT molecular complexity index is 585. The van der Waals surface area contributed by atoms with Gasteiger partial charge in [0.2, 0.25) is 0 Å². The van der Waals surface area contributed by atoms with Crippen molar-refractivity contribution in [1.82, 2.24) is 5.32 Å². The first kappa shape index (κ1) is 13.3. The molecule has 0 atom stereocenters. The molecule has 3 rings (SSSR count). The van der Waals surface area contributed by atoms with Crippen molar-refractivity contribution in [2.45, 2.75) is 38.8 Å². The number of aryl methyl sites for hydroxylation is 1. The molecule has 0 bridgehead atoms. The van der Waals surface area contributed by atoms with E-state index in [1.165, 1.54) is 18.4 Å². The van der Waals surface area contributed by atoms with Gasteiger partial charge in [-0.3, -0.25) is 0 Å². The highest BCUT2D eigenvalue weighted by atomic mass is 19.1. The van der Waals surface area contributed by atoms with Gasteiger partial charge in [0.25, 0.3) is 0 Å². The summed E-state index contributed by atoms with van der Waals surface area (Å²) < 4.78 is 14.0. The van der Waals surface area contributed by atoms with Gasteiger partial charge >= 0.3 is 0 Å². The van der Waals surface area contributed by atoms with Crippen LogP contribution in [-0.2, 0) is 13.0 Å². The second-order valence-electron chi connectivity index (χ2n) is 5.52. The maximum absolute atomic E-state index is 14.0. The molecule has 20 heavy (non-hydrogen) atoms. The van der Waals surface area contributed by atoms with Gasteiger partial charge in [-0.2, -0.15) is 0 Å². The Morgan fingerprint density at radius 3 is 2.40 bits per heavy atom. The first-order valence-electron chi connectivity index (χ1n) is 7.37. The molecule has 0 spiro atoms. The molecule has 104 valence electrons. The van der Waals surface area contributed by atoms with Crippen LogP contribution in [0, 0.1) is 5.82 Å². The average molecular weight is 269 g/mol. The average Bonchev–Trinajstić information content (AvgIpc) is 3.31. The van der Waals surface area contributed by atoms with Crippen LogP contribution in [-0.4, -0.2) is 6.04 Å². The Labute approximate surface area is 119 Å². The topological polar surface area (TPSA) is 12.0 Å². The molecule has 0 unspecified atom stereocenters. The Morgan fingerprint density at radius 2 is 1.75 bits per heavy atom. The summed E-state index contributed by atoms with van der Waals surface area (Å²) in [6, 6.07) is 14.2. The van der Waals surface area contributed by atoms with Crippen LogP contribution in [0.15, 0.2) is 42.5 Å². The fraction of sp³-hybridized carbons (Fsp3) is 0.333. The van der Waals surface area contributed by atoms with Crippen LogP contribution in [0.25, 0.3) is 11.1 Å². The summed E-state index contributed by atoms with van der Waals surface area (Å²) in [6.45, 7) is 2.95. The van der Waals surface area contributed by atoms with Gasteiger partial charge in [0, 0.05) is 18.2 Å². The zero-order valence-corrected chi connectivity index (χ0v) is 11.8. The zero-order chi connectivity index (χ0) is 13.9. The van der Waals surface area contributed by atoms with E-state index in [1.807, 2.05) is 24.3 Å². The minimum absolute atomic E-state index is 0.149. The van der Waals surface area contributed by atoms with Gasteiger partial charge in [-0.25, -0.2) is 4.39 Å². The fourth-order valence-electron chi connectivity index (χ4n) is 2.37. The first-order valence-corrected chi connectivity index (χ1v) is 7.37. The Balaban J connectivity index is 1.83. The van der Waals surface area contributed by atoms with Crippen LogP contribution in [0.5, 0.6) is 0 Å². The molecule has 2 aromatic rings. The van der Waals surface area contributed by atoms with E-state index in [0.717, 1.165) is 24.1 Å². The van der Waals surface area contributed by atoms with Crippen molar-refractivity contribution in [3.8, 4) is 11.1 Å². The monoisotopic (exact) mass is 269 g/mol.